The Morgan fingerprint density at radius 3 is 2.69 bits per heavy atom. The molecule has 1 aliphatic rings. The molecule has 1 N–H and O–H groups in total. The number of likely N-dealkylation sites (N-methyl/N-ethyl adjacent to an activating group) is 1. The Morgan fingerprint density at radius 1 is 1.19 bits per heavy atom. The second-order valence-corrected chi connectivity index (χ2v) is 6.56. The summed E-state index contributed by atoms with van der Waals surface area (Å²) in [6.45, 7) is 4.16. The summed E-state index contributed by atoms with van der Waals surface area (Å²) in [6, 6.07) is 11.8. The number of methoxy groups -OCH3 is 1. The van der Waals surface area contributed by atoms with Gasteiger partial charge in [0.1, 0.15) is 11.6 Å². The summed E-state index contributed by atoms with van der Waals surface area (Å²) in [4.78, 5) is 21.0. The van der Waals surface area contributed by atoms with Crippen LogP contribution in [0.2, 0.25) is 0 Å². The largest absolute Gasteiger partial charge is 0.497 e. The summed E-state index contributed by atoms with van der Waals surface area (Å²) in [5, 5.41) is 3.30. The average molecular weight is 354 g/mol. The lowest BCUT2D eigenvalue weighted by Crippen LogP contribution is -2.47. The number of amides is 1. The van der Waals surface area contributed by atoms with Crippen LogP contribution in [0.3, 0.4) is 0 Å². The van der Waals surface area contributed by atoms with E-state index in [0.29, 0.717) is 5.56 Å². The van der Waals surface area contributed by atoms with Gasteiger partial charge in [-0.15, -0.1) is 0 Å². The van der Waals surface area contributed by atoms with Gasteiger partial charge in [0.05, 0.1) is 12.7 Å². The SMILES string of the molecule is COc1cccc(CCNc2ccc(C(=O)N3CCN(C)CC3)cn2)c1. The van der Waals surface area contributed by atoms with Crippen molar-refractivity contribution in [1.82, 2.24) is 14.8 Å². The first kappa shape index (κ1) is 18.2. The van der Waals surface area contributed by atoms with Crippen molar-refractivity contribution in [3.05, 3.63) is 53.7 Å². The molecule has 1 saturated heterocycles. The van der Waals surface area contributed by atoms with Crippen LogP contribution in [0.4, 0.5) is 5.82 Å². The average Bonchev–Trinajstić information content (AvgIpc) is 2.69. The van der Waals surface area contributed by atoms with Gasteiger partial charge in [-0.25, -0.2) is 4.98 Å². The third-order valence-electron chi connectivity index (χ3n) is 4.65. The zero-order valence-corrected chi connectivity index (χ0v) is 15.4. The summed E-state index contributed by atoms with van der Waals surface area (Å²) in [5.74, 6) is 1.71. The topological polar surface area (TPSA) is 57.7 Å². The molecule has 0 radical (unpaired) electrons. The van der Waals surface area contributed by atoms with Gasteiger partial charge in [0.2, 0.25) is 0 Å². The van der Waals surface area contributed by atoms with Crippen LogP contribution in [0, 0.1) is 0 Å². The number of nitrogens with one attached hydrogen (secondary N) is 1. The molecule has 26 heavy (non-hydrogen) atoms. The number of rotatable bonds is 6. The fraction of sp³-hybridized carbons (Fsp3) is 0.400. The van der Waals surface area contributed by atoms with Gasteiger partial charge in [-0.05, 0) is 43.3 Å². The highest BCUT2D eigenvalue weighted by molar-refractivity contribution is 5.94. The van der Waals surface area contributed by atoms with Crippen molar-refractivity contribution in [1.29, 1.82) is 0 Å². The van der Waals surface area contributed by atoms with E-state index in [2.05, 4.69) is 28.3 Å². The highest BCUT2D eigenvalue weighted by Gasteiger charge is 2.20. The molecule has 1 fully saturated rings. The maximum atomic E-state index is 12.5. The summed E-state index contributed by atoms with van der Waals surface area (Å²) < 4.78 is 5.24. The predicted molar refractivity (Wildman–Crippen MR) is 103 cm³/mol. The number of benzene rings is 1. The van der Waals surface area contributed by atoms with E-state index >= 15 is 0 Å². The summed E-state index contributed by atoms with van der Waals surface area (Å²) in [5.41, 5.74) is 1.85. The molecule has 138 valence electrons. The van der Waals surface area contributed by atoms with E-state index in [9.17, 15) is 4.79 Å². The first-order valence-corrected chi connectivity index (χ1v) is 8.96. The van der Waals surface area contributed by atoms with Crippen molar-refractivity contribution in [3.8, 4) is 5.75 Å². The molecular formula is C20H26N4O2. The Hall–Kier alpha value is -2.60. The van der Waals surface area contributed by atoms with Gasteiger partial charge in [-0.2, -0.15) is 0 Å². The lowest BCUT2D eigenvalue weighted by molar-refractivity contribution is 0.0663. The lowest BCUT2D eigenvalue weighted by atomic mass is 10.1. The molecule has 1 aliphatic heterocycles. The Bertz CT molecular complexity index is 725. The van der Waals surface area contributed by atoms with E-state index in [1.165, 1.54) is 5.56 Å². The molecule has 0 unspecified atom stereocenters. The van der Waals surface area contributed by atoms with Gasteiger partial charge >= 0.3 is 0 Å². The molecule has 2 aromatic rings. The molecule has 0 atom stereocenters. The maximum absolute atomic E-state index is 12.5. The molecule has 0 bridgehead atoms. The van der Waals surface area contributed by atoms with Crippen LogP contribution >= 0.6 is 0 Å². The number of carbonyl (C=O) groups excluding carboxylic acids is 1. The number of hydrogen-bond acceptors (Lipinski definition) is 5. The van der Waals surface area contributed by atoms with Crippen LogP contribution in [-0.2, 0) is 6.42 Å². The highest BCUT2D eigenvalue weighted by atomic mass is 16.5. The number of carbonyl (C=O) groups is 1. The molecule has 6 nitrogen and oxygen atoms in total. The standard InChI is InChI=1S/C20H26N4O2/c1-23-10-12-24(13-11-23)20(25)17-6-7-19(22-15-17)21-9-8-16-4-3-5-18(14-16)26-2/h3-7,14-15H,8-13H2,1-2H3,(H,21,22). The molecule has 2 heterocycles. The zero-order valence-electron chi connectivity index (χ0n) is 15.4. The molecule has 3 rings (SSSR count). The Labute approximate surface area is 154 Å². The number of hydrogen-bond donors (Lipinski definition) is 1. The molecule has 1 aromatic heterocycles. The molecule has 6 heteroatoms. The Morgan fingerprint density at radius 2 is 2.00 bits per heavy atom. The van der Waals surface area contributed by atoms with Crippen molar-refractivity contribution >= 4 is 11.7 Å². The highest BCUT2D eigenvalue weighted by Crippen LogP contribution is 2.14. The molecule has 0 saturated carbocycles. The lowest BCUT2D eigenvalue weighted by Gasteiger charge is -2.32. The van der Waals surface area contributed by atoms with E-state index in [1.807, 2.05) is 35.2 Å². The van der Waals surface area contributed by atoms with Crippen LogP contribution in [0.25, 0.3) is 0 Å². The van der Waals surface area contributed by atoms with Gasteiger partial charge in [0.15, 0.2) is 0 Å². The third-order valence-corrected chi connectivity index (χ3v) is 4.65. The van der Waals surface area contributed by atoms with Crippen molar-refractivity contribution < 1.29 is 9.53 Å². The fourth-order valence-electron chi connectivity index (χ4n) is 2.98. The fourth-order valence-corrected chi connectivity index (χ4v) is 2.98. The number of pyridine rings is 1. The monoisotopic (exact) mass is 354 g/mol. The van der Waals surface area contributed by atoms with Gasteiger partial charge in [-0.3, -0.25) is 4.79 Å². The van der Waals surface area contributed by atoms with Crippen molar-refractivity contribution in [2.75, 3.05) is 52.2 Å². The molecule has 1 amide bonds. The van der Waals surface area contributed by atoms with E-state index in [4.69, 9.17) is 4.74 Å². The summed E-state index contributed by atoms with van der Waals surface area (Å²) >= 11 is 0. The second-order valence-electron chi connectivity index (χ2n) is 6.56. The zero-order chi connectivity index (χ0) is 18.4. The third kappa shape index (κ3) is 4.73. The number of ether oxygens (including phenoxy) is 1. The van der Waals surface area contributed by atoms with Crippen molar-refractivity contribution in [3.63, 3.8) is 0 Å². The van der Waals surface area contributed by atoms with Gasteiger partial charge in [0, 0.05) is 38.9 Å². The molecule has 0 aliphatic carbocycles. The Balaban J connectivity index is 1.50. The Kier molecular flexibility index (Phi) is 6.07. The van der Waals surface area contributed by atoms with Gasteiger partial charge < -0.3 is 19.9 Å². The van der Waals surface area contributed by atoms with E-state index in [0.717, 1.165) is 50.7 Å². The molecular weight excluding hydrogens is 328 g/mol. The number of piperazine rings is 1. The minimum absolute atomic E-state index is 0.0635. The van der Waals surface area contributed by atoms with E-state index < -0.39 is 0 Å². The molecule has 1 aromatic carbocycles. The van der Waals surface area contributed by atoms with Crippen LogP contribution in [0.15, 0.2) is 42.6 Å². The summed E-state index contributed by atoms with van der Waals surface area (Å²) in [7, 11) is 3.75. The van der Waals surface area contributed by atoms with Crippen molar-refractivity contribution in [2.24, 2.45) is 0 Å². The normalized spacial score (nSPS) is 14.9. The van der Waals surface area contributed by atoms with E-state index in [1.54, 1.807) is 13.3 Å². The number of anilines is 1. The quantitative estimate of drug-likeness (QED) is 0.861. The molecule has 0 spiro atoms. The van der Waals surface area contributed by atoms with Crippen LogP contribution in [0.1, 0.15) is 15.9 Å². The van der Waals surface area contributed by atoms with Gasteiger partial charge in [-0.1, -0.05) is 12.1 Å². The first-order chi connectivity index (χ1) is 12.7. The van der Waals surface area contributed by atoms with Gasteiger partial charge in [0.25, 0.3) is 5.91 Å². The summed E-state index contributed by atoms with van der Waals surface area (Å²) in [6.07, 6.45) is 2.54. The van der Waals surface area contributed by atoms with Crippen molar-refractivity contribution in [2.45, 2.75) is 6.42 Å². The minimum atomic E-state index is 0.0635. The first-order valence-electron chi connectivity index (χ1n) is 8.96. The minimum Gasteiger partial charge on any atom is -0.497 e. The maximum Gasteiger partial charge on any atom is 0.255 e. The smallest absolute Gasteiger partial charge is 0.255 e. The van der Waals surface area contributed by atoms with Crippen LogP contribution in [0.5, 0.6) is 5.75 Å². The number of aromatic nitrogens is 1. The second kappa shape index (κ2) is 8.67. The van der Waals surface area contributed by atoms with Crippen LogP contribution < -0.4 is 10.1 Å². The predicted octanol–water partition coefficient (Wildman–Crippen LogP) is 2.13. The number of nitrogens with zero attached hydrogens (tertiary/aromatic N) is 3. The van der Waals surface area contributed by atoms with E-state index in [-0.39, 0.29) is 5.91 Å². The van der Waals surface area contributed by atoms with Crippen LogP contribution in [-0.4, -0.2) is 67.6 Å².